The first kappa shape index (κ1) is 26.2. The second kappa shape index (κ2) is 10.9. The van der Waals surface area contributed by atoms with E-state index in [1.807, 2.05) is 0 Å². The van der Waals surface area contributed by atoms with E-state index in [1.165, 1.54) is 23.1 Å². The highest BCUT2D eigenvalue weighted by molar-refractivity contribution is 7.90. The number of amides is 3. The summed E-state index contributed by atoms with van der Waals surface area (Å²) < 4.78 is 39.0. The molecule has 0 fully saturated rings. The first-order valence-electron chi connectivity index (χ1n) is 10.7. The van der Waals surface area contributed by atoms with Gasteiger partial charge < -0.3 is 15.5 Å². The van der Waals surface area contributed by atoms with Gasteiger partial charge in [-0.1, -0.05) is 35.9 Å². The molecule has 0 aliphatic heterocycles. The molecule has 3 rings (SSSR count). The molecule has 35 heavy (non-hydrogen) atoms. The molecule has 0 unspecified atom stereocenters. The molecule has 0 aliphatic rings. The molecule has 0 saturated carbocycles. The van der Waals surface area contributed by atoms with Gasteiger partial charge in [0, 0.05) is 28.6 Å². The van der Waals surface area contributed by atoms with E-state index >= 15 is 0 Å². The fourth-order valence-corrected chi connectivity index (χ4v) is 4.41. The van der Waals surface area contributed by atoms with Crippen molar-refractivity contribution in [1.29, 1.82) is 0 Å². The van der Waals surface area contributed by atoms with Gasteiger partial charge in [0.25, 0.3) is 0 Å². The lowest BCUT2D eigenvalue weighted by molar-refractivity contribution is -0.117. The summed E-state index contributed by atoms with van der Waals surface area (Å²) in [5.74, 6) is -1.32. The molecule has 184 valence electrons. The zero-order valence-electron chi connectivity index (χ0n) is 19.4. The Morgan fingerprint density at radius 1 is 1.00 bits per heavy atom. The SMILES string of the molecule is CC(C)N(CC(=O)Nc1ccc(-c2ccccc2S(C)(=O)=O)cc1F)C(=O)Nc1ccc(Cl)cc1. The third-order valence-electron chi connectivity index (χ3n) is 5.13. The quantitative estimate of drug-likeness (QED) is 0.437. The van der Waals surface area contributed by atoms with Crippen LogP contribution in [0.4, 0.5) is 20.6 Å². The van der Waals surface area contributed by atoms with Crippen LogP contribution in [0.3, 0.4) is 0 Å². The fourth-order valence-electron chi connectivity index (χ4n) is 3.37. The maximum absolute atomic E-state index is 14.8. The number of carbonyl (C=O) groups excluding carboxylic acids is 2. The Morgan fingerprint density at radius 2 is 1.66 bits per heavy atom. The second-order valence-electron chi connectivity index (χ2n) is 8.17. The molecule has 7 nitrogen and oxygen atoms in total. The van der Waals surface area contributed by atoms with Gasteiger partial charge in [0.1, 0.15) is 12.4 Å². The molecule has 0 bridgehead atoms. The molecule has 3 aromatic rings. The average Bonchev–Trinajstić information content (AvgIpc) is 2.79. The highest BCUT2D eigenvalue weighted by Gasteiger charge is 2.21. The zero-order valence-corrected chi connectivity index (χ0v) is 21.0. The van der Waals surface area contributed by atoms with E-state index in [4.69, 9.17) is 11.6 Å². The van der Waals surface area contributed by atoms with Crippen LogP contribution < -0.4 is 10.6 Å². The van der Waals surface area contributed by atoms with Gasteiger partial charge in [-0.05, 0) is 61.9 Å². The van der Waals surface area contributed by atoms with Crippen LogP contribution in [0.15, 0.2) is 71.6 Å². The maximum atomic E-state index is 14.8. The van der Waals surface area contributed by atoms with E-state index in [0.717, 1.165) is 12.3 Å². The Labute approximate surface area is 208 Å². The van der Waals surface area contributed by atoms with Crippen molar-refractivity contribution in [1.82, 2.24) is 4.90 Å². The number of anilines is 2. The van der Waals surface area contributed by atoms with Crippen molar-refractivity contribution in [3.63, 3.8) is 0 Å². The van der Waals surface area contributed by atoms with Crippen molar-refractivity contribution in [3.05, 3.63) is 77.6 Å². The smallest absolute Gasteiger partial charge is 0.322 e. The number of rotatable bonds is 7. The highest BCUT2D eigenvalue weighted by atomic mass is 35.5. The lowest BCUT2D eigenvalue weighted by Gasteiger charge is -2.26. The zero-order chi connectivity index (χ0) is 25.8. The van der Waals surface area contributed by atoms with E-state index in [0.29, 0.717) is 21.8 Å². The molecule has 0 saturated heterocycles. The van der Waals surface area contributed by atoms with Gasteiger partial charge in [0.2, 0.25) is 5.91 Å². The largest absolute Gasteiger partial charge is 0.322 e. The Balaban J connectivity index is 1.73. The van der Waals surface area contributed by atoms with Gasteiger partial charge in [-0.2, -0.15) is 0 Å². The van der Waals surface area contributed by atoms with Crippen LogP contribution in [0.25, 0.3) is 11.1 Å². The summed E-state index contributed by atoms with van der Waals surface area (Å²) in [6, 6.07) is 16.1. The van der Waals surface area contributed by atoms with Crippen molar-refractivity contribution in [2.45, 2.75) is 24.8 Å². The van der Waals surface area contributed by atoms with Crippen molar-refractivity contribution in [2.75, 3.05) is 23.4 Å². The predicted octanol–water partition coefficient (Wildman–Crippen LogP) is 5.43. The van der Waals surface area contributed by atoms with Crippen LogP contribution >= 0.6 is 11.6 Å². The summed E-state index contributed by atoms with van der Waals surface area (Å²) >= 11 is 5.86. The van der Waals surface area contributed by atoms with E-state index in [-0.39, 0.29) is 23.2 Å². The molecule has 0 aromatic heterocycles. The van der Waals surface area contributed by atoms with Crippen molar-refractivity contribution >= 4 is 44.8 Å². The Kier molecular flexibility index (Phi) is 8.14. The monoisotopic (exact) mass is 517 g/mol. The minimum atomic E-state index is -3.52. The van der Waals surface area contributed by atoms with Crippen LogP contribution in [0.1, 0.15) is 13.8 Å². The Morgan fingerprint density at radius 3 is 2.26 bits per heavy atom. The van der Waals surface area contributed by atoms with Gasteiger partial charge in [0.15, 0.2) is 9.84 Å². The number of carbonyl (C=O) groups is 2. The molecule has 0 radical (unpaired) electrons. The molecule has 2 N–H and O–H groups in total. The minimum absolute atomic E-state index is 0.0791. The van der Waals surface area contributed by atoms with Crippen molar-refractivity contribution in [3.8, 4) is 11.1 Å². The summed E-state index contributed by atoms with van der Waals surface area (Å²) in [6.45, 7) is 3.20. The van der Waals surface area contributed by atoms with Crippen LogP contribution in [-0.4, -0.2) is 44.1 Å². The van der Waals surface area contributed by atoms with Crippen LogP contribution in [0.2, 0.25) is 5.02 Å². The lowest BCUT2D eigenvalue weighted by atomic mass is 10.0. The molecule has 3 amide bonds. The number of hydrogen-bond acceptors (Lipinski definition) is 4. The first-order chi connectivity index (χ1) is 16.5. The molecule has 10 heteroatoms. The number of urea groups is 1. The summed E-state index contributed by atoms with van der Waals surface area (Å²) in [4.78, 5) is 26.7. The van der Waals surface area contributed by atoms with Gasteiger partial charge in [-0.25, -0.2) is 17.6 Å². The van der Waals surface area contributed by atoms with E-state index in [2.05, 4.69) is 10.6 Å². The Hall–Kier alpha value is -3.43. The third kappa shape index (κ3) is 6.80. The van der Waals surface area contributed by atoms with Crippen LogP contribution in [0.5, 0.6) is 0 Å². The topological polar surface area (TPSA) is 95.6 Å². The summed E-state index contributed by atoms with van der Waals surface area (Å²) in [5.41, 5.74) is 1.14. The van der Waals surface area contributed by atoms with Crippen molar-refractivity contribution < 1.29 is 22.4 Å². The van der Waals surface area contributed by atoms with Crippen LogP contribution in [0, 0.1) is 5.82 Å². The molecular formula is C25H25ClFN3O4S. The number of nitrogens with one attached hydrogen (secondary N) is 2. The maximum Gasteiger partial charge on any atom is 0.322 e. The summed E-state index contributed by atoms with van der Waals surface area (Å²) in [6.07, 6.45) is 1.08. The predicted molar refractivity (Wildman–Crippen MR) is 136 cm³/mol. The van der Waals surface area contributed by atoms with E-state index in [1.54, 1.807) is 56.3 Å². The summed E-state index contributed by atoms with van der Waals surface area (Å²) in [5, 5.41) is 5.70. The molecule has 0 aliphatic carbocycles. The third-order valence-corrected chi connectivity index (χ3v) is 6.54. The second-order valence-corrected chi connectivity index (χ2v) is 10.6. The average molecular weight is 518 g/mol. The lowest BCUT2D eigenvalue weighted by Crippen LogP contribution is -2.44. The first-order valence-corrected chi connectivity index (χ1v) is 12.9. The summed E-state index contributed by atoms with van der Waals surface area (Å²) in [7, 11) is -3.52. The molecule has 0 atom stereocenters. The number of hydrogen-bond donors (Lipinski definition) is 2. The molecule has 0 spiro atoms. The minimum Gasteiger partial charge on any atom is -0.322 e. The Bertz CT molecular complexity index is 1350. The number of nitrogens with zero attached hydrogens (tertiary/aromatic N) is 1. The standard InChI is InChI=1S/C25H25ClFN3O4S/c1-16(2)30(25(32)28-19-11-9-18(26)10-12-19)15-24(31)29-22-13-8-17(14-21(22)27)20-6-4-5-7-23(20)35(3,33)34/h4-14,16H,15H2,1-3H3,(H,28,32)(H,29,31). The molecule has 3 aromatic carbocycles. The fraction of sp³-hybridized carbons (Fsp3) is 0.200. The van der Waals surface area contributed by atoms with Crippen molar-refractivity contribution in [2.24, 2.45) is 0 Å². The van der Waals surface area contributed by atoms with Gasteiger partial charge in [0.05, 0.1) is 10.6 Å². The molecular weight excluding hydrogens is 493 g/mol. The van der Waals surface area contributed by atoms with E-state index in [9.17, 15) is 22.4 Å². The number of sulfone groups is 1. The van der Waals surface area contributed by atoms with Gasteiger partial charge in [-0.3, -0.25) is 4.79 Å². The van der Waals surface area contributed by atoms with Gasteiger partial charge >= 0.3 is 6.03 Å². The number of halogens is 2. The van der Waals surface area contributed by atoms with Crippen LogP contribution in [-0.2, 0) is 14.6 Å². The number of benzene rings is 3. The normalized spacial score (nSPS) is 11.3. The molecule has 0 heterocycles. The van der Waals surface area contributed by atoms with Gasteiger partial charge in [-0.15, -0.1) is 0 Å². The highest BCUT2D eigenvalue weighted by Crippen LogP contribution is 2.29. The van der Waals surface area contributed by atoms with E-state index < -0.39 is 27.6 Å².